The number of morpholine rings is 1. The van der Waals surface area contributed by atoms with Gasteiger partial charge in [-0.1, -0.05) is 12.1 Å². The molecule has 0 bridgehead atoms. The van der Waals surface area contributed by atoms with Crippen LogP contribution in [0.4, 0.5) is 4.39 Å². The molecule has 0 atom stereocenters. The van der Waals surface area contributed by atoms with Crippen LogP contribution >= 0.6 is 0 Å². The van der Waals surface area contributed by atoms with Crippen LogP contribution in [0.15, 0.2) is 29.3 Å². The molecule has 1 aromatic rings. The van der Waals surface area contributed by atoms with Crippen LogP contribution in [0.2, 0.25) is 0 Å². The topological polar surface area (TPSA) is 48.9 Å². The third-order valence-corrected chi connectivity index (χ3v) is 5.68. The molecular formula is C20H31FN4O. The van der Waals surface area contributed by atoms with Gasteiger partial charge in [-0.25, -0.2) is 4.39 Å². The maximum atomic E-state index is 13.2. The average molecular weight is 362 g/mol. The third kappa shape index (κ3) is 4.54. The zero-order valence-electron chi connectivity index (χ0n) is 16.1. The molecule has 1 saturated carbocycles. The molecule has 0 amide bonds. The van der Waals surface area contributed by atoms with E-state index in [1.807, 2.05) is 12.1 Å². The number of nitrogens with zero attached hydrogens (tertiary/aromatic N) is 2. The minimum Gasteiger partial charge on any atom is -0.379 e. The van der Waals surface area contributed by atoms with Gasteiger partial charge in [0.05, 0.1) is 13.2 Å². The van der Waals surface area contributed by atoms with Crippen molar-refractivity contribution >= 4 is 5.96 Å². The minimum absolute atomic E-state index is 0.0373. The summed E-state index contributed by atoms with van der Waals surface area (Å²) in [4.78, 5) is 6.82. The predicted molar refractivity (Wildman–Crippen MR) is 103 cm³/mol. The fraction of sp³-hybridized carbons (Fsp3) is 0.650. The van der Waals surface area contributed by atoms with E-state index < -0.39 is 0 Å². The van der Waals surface area contributed by atoms with E-state index >= 15 is 0 Å². The van der Waals surface area contributed by atoms with Gasteiger partial charge in [-0.2, -0.15) is 0 Å². The number of halogens is 1. The molecule has 26 heavy (non-hydrogen) atoms. The summed E-state index contributed by atoms with van der Waals surface area (Å²) in [6.45, 7) is 9.67. The monoisotopic (exact) mass is 362 g/mol. The number of benzene rings is 1. The lowest BCUT2D eigenvalue weighted by atomic mass is 9.96. The van der Waals surface area contributed by atoms with Crippen molar-refractivity contribution in [2.24, 2.45) is 4.99 Å². The maximum Gasteiger partial charge on any atom is 0.191 e. The molecule has 0 spiro atoms. The van der Waals surface area contributed by atoms with Crippen LogP contribution in [0.5, 0.6) is 0 Å². The highest BCUT2D eigenvalue weighted by molar-refractivity contribution is 5.80. The Morgan fingerprint density at radius 1 is 1.19 bits per heavy atom. The SMILES string of the molecule is CN=C(NCC1(c2ccc(F)cc2)CC1)NCC(C)(C)N1CCOCC1. The molecule has 2 N–H and O–H groups in total. The molecule has 0 unspecified atom stereocenters. The number of rotatable bonds is 6. The summed E-state index contributed by atoms with van der Waals surface area (Å²) in [6, 6.07) is 6.91. The van der Waals surface area contributed by atoms with Crippen molar-refractivity contribution < 1.29 is 9.13 Å². The van der Waals surface area contributed by atoms with Crippen LogP contribution < -0.4 is 10.6 Å². The van der Waals surface area contributed by atoms with Gasteiger partial charge in [0.2, 0.25) is 0 Å². The van der Waals surface area contributed by atoms with Crippen molar-refractivity contribution in [3.63, 3.8) is 0 Å². The standard InChI is InChI=1S/C20H31FN4O/c1-19(2,25-10-12-26-13-11-25)14-23-18(22-3)24-15-20(8-9-20)16-4-6-17(21)7-5-16/h4-7H,8-15H2,1-3H3,(H2,22,23,24). The fourth-order valence-electron chi connectivity index (χ4n) is 3.58. The normalized spacial score (nSPS) is 20.7. The summed E-state index contributed by atoms with van der Waals surface area (Å²) >= 11 is 0. The number of ether oxygens (including phenoxy) is 1. The van der Waals surface area contributed by atoms with Gasteiger partial charge in [-0.05, 0) is 44.4 Å². The highest BCUT2D eigenvalue weighted by Gasteiger charge is 2.44. The Kier molecular flexibility index (Phi) is 5.82. The maximum absolute atomic E-state index is 13.2. The molecule has 1 aliphatic heterocycles. The number of guanidine groups is 1. The molecule has 1 saturated heterocycles. The Labute approximate surface area is 156 Å². The van der Waals surface area contributed by atoms with Crippen molar-refractivity contribution in [2.45, 2.75) is 37.6 Å². The van der Waals surface area contributed by atoms with Crippen LogP contribution in [0.1, 0.15) is 32.3 Å². The Morgan fingerprint density at radius 3 is 2.42 bits per heavy atom. The van der Waals surface area contributed by atoms with Gasteiger partial charge in [0, 0.05) is 44.2 Å². The van der Waals surface area contributed by atoms with E-state index in [1.165, 1.54) is 5.56 Å². The van der Waals surface area contributed by atoms with Gasteiger partial charge in [-0.15, -0.1) is 0 Å². The number of hydrogen-bond acceptors (Lipinski definition) is 3. The van der Waals surface area contributed by atoms with Crippen molar-refractivity contribution in [1.29, 1.82) is 0 Å². The lowest BCUT2D eigenvalue weighted by molar-refractivity contribution is -0.00834. The molecule has 1 aromatic carbocycles. The van der Waals surface area contributed by atoms with Gasteiger partial charge in [0.1, 0.15) is 5.82 Å². The summed E-state index contributed by atoms with van der Waals surface area (Å²) in [5.74, 6) is 0.639. The van der Waals surface area contributed by atoms with E-state index in [9.17, 15) is 4.39 Å². The van der Waals surface area contributed by atoms with Crippen molar-refractivity contribution in [2.75, 3.05) is 46.4 Å². The molecule has 0 radical (unpaired) electrons. The van der Waals surface area contributed by atoms with Crippen molar-refractivity contribution in [1.82, 2.24) is 15.5 Å². The molecule has 1 heterocycles. The summed E-state index contributed by atoms with van der Waals surface area (Å²) in [6.07, 6.45) is 2.25. The Hall–Kier alpha value is -1.66. The zero-order valence-corrected chi connectivity index (χ0v) is 16.1. The van der Waals surface area contributed by atoms with Crippen molar-refractivity contribution in [3.8, 4) is 0 Å². The van der Waals surface area contributed by atoms with Gasteiger partial charge in [0.25, 0.3) is 0 Å². The lowest BCUT2D eigenvalue weighted by Gasteiger charge is -2.41. The van der Waals surface area contributed by atoms with Crippen LogP contribution in [0.3, 0.4) is 0 Å². The largest absolute Gasteiger partial charge is 0.379 e. The lowest BCUT2D eigenvalue weighted by Crippen LogP contribution is -2.56. The zero-order chi connectivity index (χ0) is 18.6. The molecule has 2 aliphatic rings. The second-order valence-electron chi connectivity index (χ2n) is 7.98. The first-order valence-corrected chi connectivity index (χ1v) is 9.49. The van der Waals surface area contributed by atoms with Gasteiger partial charge in [-0.3, -0.25) is 9.89 Å². The Bertz CT molecular complexity index is 619. The smallest absolute Gasteiger partial charge is 0.191 e. The predicted octanol–water partition coefficient (Wildman–Crippen LogP) is 2.13. The second kappa shape index (κ2) is 7.92. The Balaban J connectivity index is 1.51. The summed E-state index contributed by atoms with van der Waals surface area (Å²) in [7, 11) is 1.80. The first kappa shape index (κ1) is 19.1. The summed E-state index contributed by atoms with van der Waals surface area (Å²) < 4.78 is 18.6. The number of nitrogens with one attached hydrogen (secondary N) is 2. The molecule has 6 heteroatoms. The van der Waals surface area contributed by atoms with Crippen LogP contribution in [0.25, 0.3) is 0 Å². The molecule has 1 aliphatic carbocycles. The van der Waals surface area contributed by atoms with Crippen LogP contribution in [-0.4, -0.2) is 62.8 Å². The Morgan fingerprint density at radius 2 is 1.85 bits per heavy atom. The van der Waals surface area contributed by atoms with E-state index in [4.69, 9.17) is 4.74 Å². The van der Waals surface area contributed by atoms with Gasteiger partial charge >= 0.3 is 0 Å². The van der Waals surface area contributed by atoms with Crippen LogP contribution in [0, 0.1) is 5.82 Å². The number of aliphatic imine (C=N–C) groups is 1. The van der Waals surface area contributed by atoms with E-state index in [2.05, 4.69) is 34.4 Å². The molecular weight excluding hydrogens is 331 g/mol. The number of hydrogen-bond donors (Lipinski definition) is 2. The average Bonchev–Trinajstić information content (AvgIpc) is 3.44. The second-order valence-corrected chi connectivity index (χ2v) is 7.98. The van der Waals surface area contributed by atoms with Crippen LogP contribution in [-0.2, 0) is 10.2 Å². The molecule has 3 rings (SSSR count). The van der Waals surface area contributed by atoms with Gasteiger partial charge < -0.3 is 15.4 Å². The van der Waals surface area contributed by atoms with E-state index in [0.717, 1.165) is 58.2 Å². The molecule has 0 aromatic heterocycles. The molecule has 5 nitrogen and oxygen atoms in total. The summed E-state index contributed by atoms with van der Waals surface area (Å²) in [5.41, 5.74) is 1.36. The summed E-state index contributed by atoms with van der Waals surface area (Å²) in [5, 5.41) is 6.93. The molecule has 144 valence electrons. The quantitative estimate of drug-likeness (QED) is 0.601. The van der Waals surface area contributed by atoms with E-state index in [0.29, 0.717) is 0 Å². The first-order chi connectivity index (χ1) is 12.5. The molecule has 2 fully saturated rings. The van der Waals surface area contributed by atoms with E-state index in [-0.39, 0.29) is 16.8 Å². The highest BCUT2D eigenvalue weighted by Crippen LogP contribution is 2.47. The first-order valence-electron chi connectivity index (χ1n) is 9.49. The van der Waals surface area contributed by atoms with Gasteiger partial charge in [0.15, 0.2) is 5.96 Å². The van der Waals surface area contributed by atoms with Crippen molar-refractivity contribution in [3.05, 3.63) is 35.6 Å². The minimum atomic E-state index is -0.180. The third-order valence-electron chi connectivity index (χ3n) is 5.68. The van der Waals surface area contributed by atoms with E-state index in [1.54, 1.807) is 19.2 Å². The highest BCUT2D eigenvalue weighted by atomic mass is 19.1. The fourth-order valence-corrected chi connectivity index (χ4v) is 3.58.